The zero-order valence-corrected chi connectivity index (χ0v) is 19.1. The highest BCUT2D eigenvalue weighted by atomic mass is 16.7. The number of hydrogen-bond acceptors (Lipinski definition) is 9. The predicted octanol–water partition coefficient (Wildman–Crippen LogP) is 2.04. The van der Waals surface area contributed by atoms with Crippen molar-refractivity contribution in [3.8, 4) is 0 Å². The van der Waals surface area contributed by atoms with Gasteiger partial charge in [-0.3, -0.25) is 14.4 Å². The van der Waals surface area contributed by atoms with E-state index in [2.05, 4.69) is 13.0 Å². The highest BCUT2D eigenvalue weighted by Gasteiger charge is 2.52. The number of hydrogen-bond donors (Lipinski definition) is 1. The summed E-state index contributed by atoms with van der Waals surface area (Å²) in [7, 11) is 0. The highest BCUT2D eigenvalue weighted by Crippen LogP contribution is 2.37. The zero-order valence-electron chi connectivity index (χ0n) is 19.1. The lowest BCUT2D eigenvalue weighted by Gasteiger charge is -2.46. The minimum absolute atomic E-state index is 0.192. The van der Waals surface area contributed by atoms with Crippen LogP contribution in [0.4, 0.5) is 0 Å². The van der Waals surface area contributed by atoms with Crippen molar-refractivity contribution in [2.75, 3.05) is 6.61 Å². The van der Waals surface area contributed by atoms with Crippen molar-refractivity contribution in [3.63, 3.8) is 0 Å². The zero-order chi connectivity index (χ0) is 23.3. The largest absolute Gasteiger partial charge is 0.463 e. The van der Waals surface area contributed by atoms with E-state index in [0.29, 0.717) is 0 Å². The molecule has 2 rings (SSSR count). The molecular weight excluding hydrogens is 408 g/mol. The molecule has 0 radical (unpaired) electrons. The van der Waals surface area contributed by atoms with Crippen molar-refractivity contribution in [3.05, 3.63) is 11.6 Å². The van der Waals surface area contributed by atoms with Gasteiger partial charge in [0.2, 0.25) is 0 Å². The van der Waals surface area contributed by atoms with Crippen LogP contribution in [-0.4, -0.2) is 65.9 Å². The molecule has 0 bridgehead atoms. The monoisotopic (exact) mass is 442 g/mol. The first-order valence-electron chi connectivity index (χ1n) is 10.6. The Bertz CT molecular complexity index is 699. The van der Waals surface area contributed by atoms with Gasteiger partial charge in [-0.2, -0.15) is 0 Å². The van der Waals surface area contributed by atoms with Gasteiger partial charge < -0.3 is 28.8 Å². The van der Waals surface area contributed by atoms with E-state index in [-0.39, 0.29) is 12.5 Å². The maximum Gasteiger partial charge on any atom is 0.303 e. The standard InChI is InChI=1S/C22H34O9/c1-12-7-9-16(10-8-12)22(5,6)31-21-18(26)20(29-15(4)25)19(28-14(3)24)17(30-21)11-27-13(2)23/h7,16-21,26H,8-11H2,1-6H3/t16-,17-,18-,19-,20-,21+/m1/s1. The van der Waals surface area contributed by atoms with Crippen LogP contribution >= 0.6 is 0 Å². The summed E-state index contributed by atoms with van der Waals surface area (Å²) in [5.41, 5.74) is 0.672. The third kappa shape index (κ3) is 7.02. The van der Waals surface area contributed by atoms with Gasteiger partial charge in [-0.05, 0) is 46.0 Å². The molecule has 1 heterocycles. The molecule has 0 amide bonds. The molecule has 9 nitrogen and oxygen atoms in total. The van der Waals surface area contributed by atoms with Gasteiger partial charge in [-0.25, -0.2) is 0 Å². The summed E-state index contributed by atoms with van der Waals surface area (Å²) < 4.78 is 27.7. The quantitative estimate of drug-likeness (QED) is 0.359. The van der Waals surface area contributed by atoms with Gasteiger partial charge in [-0.15, -0.1) is 0 Å². The van der Waals surface area contributed by atoms with E-state index in [9.17, 15) is 19.5 Å². The first-order chi connectivity index (χ1) is 14.4. The number of esters is 3. The summed E-state index contributed by atoms with van der Waals surface area (Å²) >= 11 is 0. The van der Waals surface area contributed by atoms with Gasteiger partial charge in [0.15, 0.2) is 18.5 Å². The van der Waals surface area contributed by atoms with E-state index < -0.39 is 54.2 Å². The molecule has 1 N–H and O–H groups in total. The van der Waals surface area contributed by atoms with Crippen LogP contribution in [0.15, 0.2) is 11.6 Å². The van der Waals surface area contributed by atoms with Gasteiger partial charge >= 0.3 is 17.9 Å². The van der Waals surface area contributed by atoms with E-state index in [1.54, 1.807) is 0 Å². The van der Waals surface area contributed by atoms with Crippen LogP contribution in [0, 0.1) is 5.92 Å². The van der Waals surface area contributed by atoms with Crippen molar-refractivity contribution in [2.24, 2.45) is 5.92 Å². The lowest BCUT2D eigenvalue weighted by atomic mass is 9.79. The number of aliphatic hydroxyl groups is 1. The van der Waals surface area contributed by atoms with Gasteiger partial charge in [-0.1, -0.05) is 11.6 Å². The molecule has 0 unspecified atom stereocenters. The lowest BCUT2D eigenvalue weighted by Crippen LogP contribution is -2.63. The lowest BCUT2D eigenvalue weighted by molar-refractivity contribution is -0.331. The minimum Gasteiger partial charge on any atom is -0.463 e. The van der Waals surface area contributed by atoms with Crippen molar-refractivity contribution in [1.29, 1.82) is 0 Å². The van der Waals surface area contributed by atoms with Crippen LogP contribution in [0.1, 0.15) is 60.8 Å². The Kier molecular flexibility index (Phi) is 8.62. The summed E-state index contributed by atoms with van der Waals surface area (Å²) in [5, 5.41) is 10.9. The van der Waals surface area contributed by atoms with Gasteiger partial charge in [0.25, 0.3) is 0 Å². The van der Waals surface area contributed by atoms with E-state index in [1.807, 2.05) is 13.8 Å². The normalized spacial score (nSPS) is 31.4. The third-order valence-corrected chi connectivity index (χ3v) is 5.71. The molecule has 9 heteroatoms. The fourth-order valence-electron chi connectivity index (χ4n) is 3.98. The Morgan fingerprint density at radius 3 is 2.23 bits per heavy atom. The second-order valence-electron chi connectivity index (χ2n) is 8.73. The maximum absolute atomic E-state index is 11.7. The Morgan fingerprint density at radius 1 is 1.10 bits per heavy atom. The fraction of sp³-hybridized carbons (Fsp3) is 0.773. The van der Waals surface area contributed by atoms with E-state index >= 15 is 0 Å². The van der Waals surface area contributed by atoms with E-state index in [1.165, 1.54) is 26.3 Å². The Balaban J connectivity index is 2.26. The fourth-order valence-corrected chi connectivity index (χ4v) is 3.98. The number of rotatable bonds is 7. The third-order valence-electron chi connectivity index (χ3n) is 5.71. The Hall–Kier alpha value is -1.97. The molecule has 31 heavy (non-hydrogen) atoms. The van der Waals surface area contributed by atoms with Crippen molar-refractivity contribution in [2.45, 2.75) is 97.1 Å². The van der Waals surface area contributed by atoms with Crippen LogP contribution in [-0.2, 0) is 38.1 Å². The van der Waals surface area contributed by atoms with Crippen LogP contribution in [0.5, 0.6) is 0 Å². The first kappa shape index (κ1) is 25.3. The average Bonchev–Trinajstić information content (AvgIpc) is 2.65. The Morgan fingerprint density at radius 2 is 1.71 bits per heavy atom. The second-order valence-corrected chi connectivity index (χ2v) is 8.73. The van der Waals surface area contributed by atoms with Gasteiger partial charge in [0, 0.05) is 20.8 Å². The van der Waals surface area contributed by atoms with Gasteiger partial charge in [0.05, 0.1) is 5.60 Å². The second kappa shape index (κ2) is 10.6. The molecule has 6 atom stereocenters. The van der Waals surface area contributed by atoms with E-state index in [4.69, 9.17) is 23.7 Å². The van der Waals surface area contributed by atoms with Crippen LogP contribution in [0.2, 0.25) is 0 Å². The summed E-state index contributed by atoms with van der Waals surface area (Å²) in [5.74, 6) is -1.69. The smallest absolute Gasteiger partial charge is 0.303 e. The summed E-state index contributed by atoms with van der Waals surface area (Å²) in [6, 6.07) is 0. The van der Waals surface area contributed by atoms with Crippen LogP contribution in [0.3, 0.4) is 0 Å². The molecule has 176 valence electrons. The molecule has 1 saturated heterocycles. The van der Waals surface area contributed by atoms with Crippen LogP contribution < -0.4 is 0 Å². The van der Waals surface area contributed by atoms with Crippen molar-refractivity contribution >= 4 is 17.9 Å². The topological polar surface area (TPSA) is 118 Å². The molecule has 2 aliphatic rings. The summed E-state index contributed by atoms with van der Waals surface area (Å²) in [6.45, 7) is 9.28. The number of ether oxygens (including phenoxy) is 5. The highest BCUT2D eigenvalue weighted by molar-refractivity contribution is 5.67. The van der Waals surface area contributed by atoms with Crippen molar-refractivity contribution < 1.29 is 43.2 Å². The predicted molar refractivity (Wildman–Crippen MR) is 109 cm³/mol. The van der Waals surface area contributed by atoms with E-state index in [0.717, 1.165) is 19.3 Å². The SMILES string of the molecule is CC(=O)OC[C@H]1O[C@@H](OC(C)(C)[C@@H]2CC=C(C)CC2)[C@H](O)[C@@H](OC(C)=O)[C@@H]1OC(C)=O. The number of aliphatic hydroxyl groups excluding tert-OH is 1. The first-order valence-corrected chi connectivity index (χ1v) is 10.6. The van der Waals surface area contributed by atoms with Crippen LogP contribution in [0.25, 0.3) is 0 Å². The molecule has 1 aliphatic heterocycles. The average molecular weight is 443 g/mol. The maximum atomic E-state index is 11.7. The molecule has 0 aromatic carbocycles. The molecule has 0 saturated carbocycles. The molecule has 1 fully saturated rings. The van der Waals surface area contributed by atoms with Gasteiger partial charge in [0.1, 0.15) is 18.8 Å². The molecule has 0 aromatic rings. The van der Waals surface area contributed by atoms with Crippen molar-refractivity contribution in [1.82, 2.24) is 0 Å². The summed E-state index contributed by atoms with van der Waals surface area (Å²) in [4.78, 5) is 34.6. The Labute approximate surface area is 183 Å². The molecule has 1 aliphatic carbocycles. The number of carbonyl (C=O) groups excluding carboxylic acids is 3. The minimum atomic E-state index is -1.41. The molecule has 0 spiro atoms. The molecular formula is C22H34O9. The molecule has 0 aromatic heterocycles. The number of carbonyl (C=O) groups is 3. The number of allylic oxidation sites excluding steroid dienone is 2. The summed E-state index contributed by atoms with van der Waals surface area (Å²) in [6.07, 6.45) is -1.09.